The summed E-state index contributed by atoms with van der Waals surface area (Å²) in [4.78, 5) is 28.8. The van der Waals surface area contributed by atoms with Gasteiger partial charge in [0, 0.05) is 18.0 Å². The first kappa shape index (κ1) is 28.8. The van der Waals surface area contributed by atoms with Crippen LogP contribution in [0.25, 0.3) is 0 Å². The van der Waals surface area contributed by atoms with Crippen molar-refractivity contribution in [3.63, 3.8) is 0 Å². The summed E-state index contributed by atoms with van der Waals surface area (Å²) in [5.74, 6) is 0.0998. The van der Waals surface area contributed by atoms with E-state index in [0.29, 0.717) is 32.1 Å². The molecule has 11 heteroatoms. The number of alkyl carbamates (subject to hydrolysis) is 1. The van der Waals surface area contributed by atoms with Gasteiger partial charge < -0.3 is 20.1 Å². The molecule has 1 aliphatic heterocycles. The monoisotopic (exact) mass is 572 g/mol. The minimum absolute atomic E-state index is 0.00184. The number of nitrogens with one attached hydrogen (secondary N) is 2. The molecule has 10 nitrogen and oxygen atoms in total. The third-order valence-corrected chi connectivity index (χ3v) is 10.5. The molecule has 4 bridgehead atoms. The molecule has 3 N–H and O–H groups in total. The Morgan fingerprint density at radius 3 is 2.30 bits per heavy atom. The maximum Gasteiger partial charge on any atom is 0.408 e. The van der Waals surface area contributed by atoms with E-state index in [1.807, 2.05) is 6.92 Å². The summed E-state index contributed by atoms with van der Waals surface area (Å²) in [7, 11) is -3.87. The van der Waals surface area contributed by atoms with E-state index in [1.54, 1.807) is 32.9 Å². The zero-order chi connectivity index (χ0) is 29.1. The number of amides is 2. The number of hydrogen-bond acceptors (Lipinski definition) is 7. The molecule has 1 heterocycles. The van der Waals surface area contributed by atoms with Gasteiger partial charge in [0.1, 0.15) is 17.7 Å². The van der Waals surface area contributed by atoms with Gasteiger partial charge in [0.05, 0.1) is 16.6 Å². The molecule has 1 saturated heterocycles. The molecule has 1 aromatic rings. The molecule has 0 aromatic heterocycles. The number of likely N-dealkylation sites (tertiary alicyclic amines) is 1. The fourth-order valence-electron chi connectivity index (χ4n) is 7.98. The van der Waals surface area contributed by atoms with Crippen molar-refractivity contribution in [1.29, 1.82) is 5.26 Å². The average Bonchev–Trinajstić information content (AvgIpc) is 3.22. The minimum Gasteiger partial charge on any atom is -0.444 e. The molecule has 6 rings (SSSR count). The van der Waals surface area contributed by atoms with Gasteiger partial charge in [-0.25, -0.2) is 17.9 Å². The highest BCUT2D eigenvalue weighted by molar-refractivity contribution is 7.89. The summed E-state index contributed by atoms with van der Waals surface area (Å²) >= 11 is 0. The molecule has 218 valence electrons. The van der Waals surface area contributed by atoms with Crippen LogP contribution in [0, 0.1) is 35.5 Å². The molecular weight excluding hydrogens is 532 g/mol. The average molecular weight is 573 g/mol. The number of aryl methyl sites for hydroxylation is 1. The second-order valence-electron chi connectivity index (χ2n) is 13.6. The van der Waals surface area contributed by atoms with Gasteiger partial charge in [-0.1, -0.05) is 17.7 Å². The highest BCUT2D eigenvalue weighted by Crippen LogP contribution is 2.63. The van der Waals surface area contributed by atoms with Crippen LogP contribution in [0.2, 0.25) is 0 Å². The molecule has 4 saturated carbocycles. The fourth-order valence-corrected chi connectivity index (χ4v) is 9.22. The van der Waals surface area contributed by atoms with Crippen LogP contribution in [0.15, 0.2) is 29.2 Å². The molecule has 2 amide bonds. The Bertz CT molecular complexity index is 1300. The second-order valence-corrected chi connectivity index (χ2v) is 15.3. The minimum atomic E-state index is -3.87. The lowest BCUT2D eigenvalue weighted by atomic mass is 9.46. The summed E-state index contributed by atoms with van der Waals surface area (Å²) in [5.41, 5.74) is -1.38. The lowest BCUT2D eigenvalue weighted by Crippen LogP contribution is -2.66. The lowest BCUT2D eigenvalue weighted by Gasteiger charge is -2.62. The number of hydrogen-bond donors (Lipinski definition) is 3. The van der Waals surface area contributed by atoms with Crippen molar-refractivity contribution in [3.8, 4) is 6.07 Å². The van der Waals surface area contributed by atoms with Gasteiger partial charge in [0.15, 0.2) is 0 Å². The number of aliphatic hydroxyl groups is 1. The zero-order valence-corrected chi connectivity index (χ0v) is 24.5. The van der Waals surface area contributed by atoms with Crippen LogP contribution in [0.4, 0.5) is 4.79 Å². The third-order valence-electron chi connectivity index (χ3n) is 8.98. The van der Waals surface area contributed by atoms with E-state index in [0.717, 1.165) is 12.0 Å². The number of nitrogens with zero attached hydrogens (tertiary/aromatic N) is 2. The van der Waals surface area contributed by atoms with Crippen molar-refractivity contribution in [2.45, 2.75) is 107 Å². The van der Waals surface area contributed by atoms with Gasteiger partial charge in [-0.2, -0.15) is 5.26 Å². The van der Waals surface area contributed by atoms with Crippen LogP contribution < -0.4 is 10.0 Å². The third kappa shape index (κ3) is 5.71. The quantitative estimate of drug-likeness (QED) is 0.474. The fraction of sp³-hybridized carbons (Fsp3) is 0.690. The lowest BCUT2D eigenvalue weighted by molar-refractivity contribution is -0.180. The van der Waals surface area contributed by atoms with E-state index in [2.05, 4.69) is 16.1 Å². The van der Waals surface area contributed by atoms with E-state index in [4.69, 9.17) is 4.74 Å². The van der Waals surface area contributed by atoms with Crippen LogP contribution in [0.3, 0.4) is 0 Å². The summed E-state index contributed by atoms with van der Waals surface area (Å²) in [6.45, 7) is 7.10. The van der Waals surface area contributed by atoms with Crippen LogP contribution in [0.5, 0.6) is 0 Å². The van der Waals surface area contributed by atoms with Gasteiger partial charge in [-0.3, -0.25) is 4.79 Å². The van der Waals surface area contributed by atoms with Crippen molar-refractivity contribution < 1.29 is 27.9 Å². The number of ether oxygens (including phenoxy) is 1. The van der Waals surface area contributed by atoms with Crippen LogP contribution in [0.1, 0.15) is 71.3 Å². The number of nitriles is 1. The van der Waals surface area contributed by atoms with Crippen LogP contribution in [-0.4, -0.2) is 66.3 Å². The van der Waals surface area contributed by atoms with Gasteiger partial charge in [0.25, 0.3) is 0 Å². The Kier molecular flexibility index (Phi) is 7.21. The van der Waals surface area contributed by atoms with Crippen molar-refractivity contribution in [1.82, 2.24) is 14.9 Å². The Morgan fingerprint density at radius 2 is 1.75 bits per heavy atom. The first-order valence-electron chi connectivity index (χ1n) is 14.1. The van der Waals surface area contributed by atoms with Gasteiger partial charge in [-0.05, 0) is 96.6 Å². The van der Waals surface area contributed by atoms with Crippen LogP contribution >= 0.6 is 0 Å². The highest BCUT2D eigenvalue weighted by Gasteiger charge is 2.62. The number of sulfonamides is 1. The number of carbonyl (C=O) groups is 2. The van der Waals surface area contributed by atoms with Gasteiger partial charge in [-0.15, -0.1) is 0 Å². The van der Waals surface area contributed by atoms with E-state index < -0.39 is 56.8 Å². The smallest absolute Gasteiger partial charge is 0.408 e. The number of benzene rings is 1. The summed E-state index contributed by atoms with van der Waals surface area (Å²) in [6, 6.07) is 6.11. The van der Waals surface area contributed by atoms with Crippen molar-refractivity contribution >= 4 is 22.0 Å². The van der Waals surface area contributed by atoms with Gasteiger partial charge >= 0.3 is 6.09 Å². The Balaban J connectivity index is 1.40. The topological polar surface area (TPSA) is 149 Å². The second kappa shape index (κ2) is 10.00. The molecule has 5 fully saturated rings. The standard InChI is InChI=1S/C29H40N4O6S/c1-18-5-7-23(8-6-18)40(37,38)32-21-10-22(15-30)33(16-21)25(34)24(31-26(35)39-27(2,3)4)28-11-19-9-20(12-28)14-29(36,13-19)17-28/h5-8,19-22,24,32,36H,9-14,16-17H2,1-4H3,(H,31,35)/t19?,20?,21-,22-,24+,28?,29?/m0/s1. The normalized spacial score (nSPS) is 33.9. The number of rotatable bonds is 6. The maximum atomic E-state index is 14.3. The molecule has 0 spiro atoms. The molecule has 5 atom stereocenters. The summed E-state index contributed by atoms with van der Waals surface area (Å²) in [6.07, 6.45) is 3.61. The van der Waals surface area contributed by atoms with E-state index >= 15 is 0 Å². The van der Waals surface area contributed by atoms with E-state index in [9.17, 15) is 28.4 Å². The molecule has 40 heavy (non-hydrogen) atoms. The predicted octanol–water partition coefficient (Wildman–Crippen LogP) is 2.99. The highest BCUT2D eigenvalue weighted by atomic mass is 32.2. The molecule has 0 radical (unpaired) electrons. The molecule has 2 unspecified atom stereocenters. The molecule has 4 aliphatic carbocycles. The Morgan fingerprint density at radius 1 is 1.12 bits per heavy atom. The Labute approximate surface area is 236 Å². The largest absolute Gasteiger partial charge is 0.444 e. The predicted molar refractivity (Wildman–Crippen MR) is 146 cm³/mol. The molecule has 5 aliphatic rings. The van der Waals surface area contributed by atoms with Crippen LogP contribution in [-0.2, 0) is 19.6 Å². The van der Waals surface area contributed by atoms with E-state index in [1.165, 1.54) is 17.0 Å². The summed E-state index contributed by atoms with van der Waals surface area (Å²) in [5, 5.41) is 24.2. The maximum absolute atomic E-state index is 14.3. The zero-order valence-electron chi connectivity index (χ0n) is 23.6. The van der Waals surface area contributed by atoms with Crippen molar-refractivity contribution in [3.05, 3.63) is 29.8 Å². The van der Waals surface area contributed by atoms with Crippen molar-refractivity contribution in [2.75, 3.05) is 6.54 Å². The first-order chi connectivity index (χ1) is 18.6. The first-order valence-corrected chi connectivity index (χ1v) is 15.6. The van der Waals surface area contributed by atoms with E-state index in [-0.39, 0.29) is 29.7 Å². The Hall–Kier alpha value is -2.68. The molecule has 1 aromatic carbocycles. The van der Waals surface area contributed by atoms with Gasteiger partial charge in [0.2, 0.25) is 15.9 Å². The number of carbonyl (C=O) groups excluding carboxylic acids is 2. The van der Waals surface area contributed by atoms with Crippen molar-refractivity contribution in [2.24, 2.45) is 17.3 Å². The molecular formula is C29H40N4O6S. The SMILES string of the molecule is Cc1ccc(S(=O)(=O)N[C@H]2C[C@@H](C#N)N(C(=O)[C@@H](NC(=O)OC(C)(C)C)C34CC5CC(CC(O)(C5)C3)C4)C2)cc1. The summed E-state index contributed by atoms with van der Waals surface area (Å²) < 4.78 is 34.3.